The molecule has 1 amide bonds. The fraction of sp³-hybridized carbons (Fsp3) is 0.136. The largest absolute Gasteiger partial charge is 0.348 e. The molecule has 1 heterocycles. The van der Waals surface area contributed by atoms with Crippen LogP contribution in [-0.4, -0.2) is 20.9 Å². The molecule has 30 heavy (non-hydrogen) atoms. The Bertz CT molecular complexity index is 1230. The standard InChI is InChI=1S/C22H18ClFN2O3S/c1-14(15-6-9-17(24)10-7-15)25-22(27)13-26-20-11-8-16(23)12-19(20)18-4-2-3-5-21(18)30(26,28)29/h2-12,14H,13H2,1H3,(H,25,27)/t14-/m0/s1. The fourth-order valence-electron chi connectivity index (χ4n) is 3.53. The molecule has 1 atom stereocenters. The van der Waals surface area contributed by atoms with E-state index in [-0.39, 0.29) is 10.7 Å². The smallest absolute Gasteiger partial charge is 0.265 e. The zero-order valence-electron chi connectivity index (χ0n) is 16.0. The van der Waals surface area contributed by atoms with Crippen LogP contribution in [0.5, 0.6) is 0 Å². The number of sulfonamides is 1. The van der Waals surface area contributed by atoms with E-state index in [1.54, 1.807) is 55.5 Å². The Labute approximate surface area is 179 Å². The van der Waals surface area contributed by atoms with E-state index in [1.807, 2.05) is 0 Å². The van der Waals surface area contributed by atoms with E-state index < -0.39 is 28.5 Å². The molecule has 1 aliphatic rings. The minimum Gasteiger partial charge on any atom is -0.348 e. The third-order valence-electron chi connectivity index (χ3n) is 5.01. The van der Waals surface area contributed by atoms with Gasteiger partial charge in [0, 0.05) is 16.1 Å². The van der Waals surface area contributed by atoms with Gasteiger partial charge in [0.15, 0.2) is 0 Å². The zero-order valence-corrected chi connectivity index (χ0v) is 17.5. The number of carbonyl (C=O) groups is 1. The number of rotatable bonds is 4. The van der Waals surface area contributed by atoms with Gasteiger partial charge in [-0.25, -0.2) is 12.8 Å². The van der Waals surface area contributed by atoms with Gasteiger partial charge in [-0.3, -0.25) is 9.10 Å². The average molecular weight is 445 g/mol. The number of hydrogen-bond acceptors (Lipinski definition) is 3. The van der Waals surface area contributed by atoms with Crippen molar-refractivity contribution in [3.63, 3.8) is 0 Å². The number of carbonyl (C=O) groups excluding carboxylic acids is 1. The molecular formula is C22H18ClFN2O3S. The molecule has 0 saturated heterocycles. The molecule has 0 unspecified atom stereocenters. The van der Waals surface area contributed by atoms with E-state index in [4.69, 9.17) is 11.6 Å². The average Bonchev–Trinajstić information content (AvgIpc) is 2.72. The third-order valence-corrected chi connectivity index (χ3v) is 7.06. The number of halogens is 2. The normalized spacial score (nSPS) is 15.1. The molecule has 3 aromatic carbocycles. The van der Waals surface area contributed by atoms with E-state index in [1.165, 1.54) is 18.2 Å². The monoisotopic (exact) mass is 444 g/mol. The van der Waals surface area contributed by atoms with Crippen molar-refractivity contribution in [2.24, 2.45) is 0 Å². The maximum Gasteiger partial charge on any atom is 0.265 e. The van der Waals surface area contributed by atoms with Crippen LogP contribution in [0.15, 0.2) is 71.6 Å². The van der Waals surface area contributed by atoms with Crippen LogP contribution in [0.25, 0.3) is 11.1 Å². The highest BCUT2D eigenvalue weighted by molar-refractivity contribution is 7.93. The van der Waals surface area contributed by atoms with Gasteiger partial charge in [-0.05, 0) is 48.9 Å². The lowest BCUT2D eigenvalue weighted by Crippen LogP contribution is -2.43. The number of benzene rings is 3. The lowest BCUT2D eigenvalue weighted by molar-refractivity contribution is -0.120. The molecule has 3 aromatic rings. The molecule has 154 valence electrons. The Balaban J connectivity index is 1.65. The first-order valence-corrected chi connectivity index (χ1v) is 11.1. The van der Waals surface area contributed by atoms with Crippen molar-refractivity contribution in [3.05, 3.63) is 83.1 Å². The van der Waals surface area contributed by atoms with Crippen LogP contribution >= 0.6 is 11.6 Å². The summed E-state index contributed by atoms with van der Waals surface area (Å²) in [6.07, 6.45) is 0. The lowest BCUT2D eigenvalue weighted by Gasteiger charge is -2.32. The van der Waals surface area contributed by atoms with Crippen LogP contribution < -0.4 is 9.62 Å². The Kier molecular flexibility index (Phi) is 5.26. The topological polar surface area (TPSA) is 66.5 Å². The molecule has 1 aliphatic heterocycles. The van der Waals surface area contributed by atoms with Gasteiger partial charge in [-0.15, -0.1) is 0 Å². The van der Waals surface area contributed by atoms with Crippen molar-refractivity contribution in [2.45, 2.75) is 17.9 Å². The Morgan fingerprint density at radius 2 is 1.77 bits per heavy atom. The molecule has 0 aromatic heterocycles. The predicted octanol–water partition coefficient (Wildman–Crippen LogP) is 4.53. The van der Waals surface area contributed by atoms with E-state index >= 15 is 0 Å². The Morgan fingerprint density at radius 1 is 1.07 bits per heavy atom. The summed E-state index contributed by atoms with van der Waals surface area (Å²) in [5.41, 5.74) is 2.30. The van der Waals surface area contributed by atoms with Crippen molar-refractivity contribution < 1.29 is 17.6 Å². The highest BCUT2D eigenvalue weighted by Gasteiger charge is 2.36. The van der Waals surface area contributed by atoms with Gasteiger partial charge in [0.05, 0.1) is 16.6 Å². The van der Waals surface area contributed by atoms with Crippen molar-refractivity contribution in [1.29, 1.82) is 0 Å². The minimum absolute atomic E-state index is 0.124. The highest BCUT2D eigenvalue weighted by Crippen LogP contribution is 2.43. The summed E-state index contributed by atoms with van der Waals surface area (Å²) in [6.45, 7) is 1.36. The van der Waals surface area contributed by atoms with Gasteiger partial charge in [0.1, 0.15) is 12.4 Å². The van der Waals surface area contributed by atoms with Gasteiger partial charge in [-0.1, -0.05) is 41.9 Å². The molecule has 1 N–H and O–H groups in total. The molecule has 0 radical (unpaired) electrons. The summed E-state index contributed by atoms with van der Waals surface area (Å²) in [5, 5.41) is 3.24. The van der Waals surface area contributed by atoms with Crippen molar-refractivity contribution >= 4 is 33.2 Å². The molecule has 0 spiro atoms. The molecule has 0 saturated carbocycles. The van der Waals surface area contributed by atoms with Crippen LogP contribution in [0.1, 0.15) is 18.5 Å². The summed E-state index contributed by atoms with van der Waals surface area (Å²) in [4.78, 5) is 12.8. The molecule has 8 heteroatoms. The predicted molar refractivity (Wildman–Crippen MR) is 114 cm³/mol. The molecule has 4 rings (SSSR count). The summed E-state index contributed by atoms with van der Waals surface area (Å²) in [7, 11) is -3.93. The maximum absolute atomic E-state index is 13.3. The van der Waals surface area contributed by atoms with Gasteiger partial charge >= 0.3 is 0 Å². The highest BCUT2D eigenvalue weighted by atomic mass is 35.5. The van der Waals surface area contributed by atoms with Crippen molar-refractivity contribution in [3.8, 4) is 11.1 Å². The Hall–Kier alpha value is -2.90. The van der Waals surface area contributed by atoms with E-state index in [9.17, 15) is 17.6 Å². The summed E-state index contributed by atoms with van der Waals surface area (Å²) in [6, 6.07) is 16.9. The van der Waals surface area contributed by atoms with Crippen molar-refractivity contribution in [2.75, 3.05) is 10.8 Å². The zero-order chi connectivity index (χ0) is 21.5. The second kappa shape index (κ2) is 7.74. The maximum atomic E-state index is 13.3. The van der Waals surface area contributed by atoms with E-state index in [2.05, 4.69) is 5.32 Å². The number of hydrogen-bond donors (Lipinski definition) is 1. The Morgan fingerprint density at radius 3 is 2.50 bits per heavy atom. The van der Waals surface area contributed by atoms with Crippen LogP contribution in [-0.2, 0) is 14.8 Å². The summed E-state index contributed by atoms with van der Waals surface area (Å²) < 4.78 is 40.7. The number of fused-ring (bicyclic) bond motifs is 3. The quantitative estimate of drug-likeness (QED) is 0.642. The van der Waals surface area contributed by atoms with Crippen molar-refractivity contribution in [1.82, 2.24) is 5.32 Å². The second-order valence-electron chi connectivity index (χ2n) is 7.01. The second-order valence-corrected chi connectivity index (χ2v) is 9.28. The molecular weight excluding hydrogens is 427 g/mol. The van der Waals surface area contributed by atoms with E-state index in [0.29, 0.717) is 27.4 Å². The first-order chi connectivity index (χ1) is 14.3. The molecule has 0 fully saturated rings. The van der Waals surface area contributed by atoms with Gasteiger partial charge < -0.3 is 5.32 Å². The number of anilines is 1. The molecule has 5 nitrogen and oxygen atoms in total. The third kappa shape index (κ3) is 3.66. The first kappa shape index (κ1) is 20.4. The first-order valence-electron chi connectivity index (χ1n) is 9.24. The molecule has 0 bridgehead atoms. The van der Waals surface area contributed by atoms with Crippen LogP contribution in [0, 0.1) is 5.82 Å². The van der Waals surface area contributed by atoms with Crippen LogP contribution in [0.3, 0.4) is 0 Å². The number of nitrogens with zero attached hydrogens (tertiary/aromatic N) is 1. The van der Waals surface area contributed by atoms with Crippen LogP contribution in [0.4, 0.5) is 10.1 Å². The SMILES string of the molecule is C[C@H](NC(=O)CN1c2ccc(Cl)cc2-c2ccccc2S1(=O)=O)c1ccc(F)cc1. The molecule has 0 aliphatic carbocycles. The fourth-order valence-corrected chi connectivity index (χ4v) is 5.35. The number of nitrogens with one attached hydrogen (secondary N) is 1. The van der Waals surface area contributed by atoms with Gasteiger partial charge in [0.2, 0.25) is 5.91 Å². The van der Waals surface area contributed by atoms with E-state index in [0.717, 1.165) is 4.31 Å². The van der Waals surface area contributed by atoms with Gasteiger partial charge in [-0.2, -0.15) is 0 Å². The lowest BCUT2D eigenvalue weighted by atomic mass is 10.0. The summed E-state index contributed by atoms with van der Waals surface area (Å²) in [5.74, 6) is -0.846. The van der Waals surface area contributed by atoms with Crippen LogP contribution in [0.2, 0.25) is 5.02 Å². The summed E-state index contributed by atoms with van der Waals surface area (Å²) >= 11 is 6.14. The number of amides is 1. The minimum atomic E-state index is -3.93. The van der Waals surface area contributed by atoms with Gasteiger partial charge in [0.25, 0.3) is 10.0 Å².